The van der Waals surface area contributed by atoms with Gasteiger partial charge in [-0.05, 0) is 38.3 Å². The summed E-state index contributed by atoms with van der Waals surface area (Å²) >= 11 is 0. The molecular formula is C15H17ClN4O3. The Labute approximate surface area is 139 Å². The number of nitrogens with two attached hydrogens (primary N) is 1. The summed E-state index contributed by atoms with van der Waals surface area (Å²) in [5.41, 5.74) is 7.01. The van der Waals surface area contributed by atoms with Crippen molar-refractivity contribution in [1.29, 1.82) is 0 Å². The molecule has 2 aliphatic rings. The van der Waals surface area contributed by atoms with Crippen molar-refractivity contribution in [2.75, 3.05) is 5.32 Å². The summed E-state index contributed by atoms with van der Waals surface area (Å²) in [5, 5.41) is 6.82. The van der Waals surface area contributed by atoms with Crippen LogP contribution in [0.1, 0.15) is 32.0 Å². The SMILES string of the molecule is CC1Oc2c(cccc2-c2nc(C3(N)CCC3)no2)NC1=O.Cl. The average molecular weight is 337 g/mol. The second-order valence-corrected chi connectivity index (χ2v) is 5.86. The zero-order chi connectivity index (χ0) is 15.3. The van der Waals surface area contributed by atoms with E-state index in [0.29, 0.717) is 28.7 Å². The van der Waals surface area contributed by atoms with Crippen LogP contribution in [0.25, 0.3) is 11.5 Å². The molecule has 2 heterocycles. The number of halogens is 1. The average Bonchev–Trinajstić information content (AvgIpc) is 2.95. The van der Waals surface area contributed by atoms with Gasteiger partial charge in [0.05, 0.1) is 16.8 Å². The lowest BCUT2D eigenvalue weighted by Gasteiger charge is -2.34. The number of anilines is 1. The number of ether oxygens (including phenoxy) is 1. The smallest absolute Gasteiger partial charge is 0.265 e. The molecule has 1 aliphatic heterocycles. The van der Waals surface area contributed by atoms with Crippen molar-refractivity contribution in [3.63, 3.8) is 0 Å². The molecule has 23 heavy (non-hydrogen) atoms. The van der Waals surface area contributed by atoms with Crippen LogP contribution in [0.3, 0.4) is 0 Å². The van der Waals surface area contributed by atoms with Gasteiger partial charge in [0.15, 0.2) is 17.7 Å². The summed E-state index contributed by atoms with van der Waals surface area (Å²) in [4.78, 5) is 16.1. The first kappa shape index (κ1) is 15.8. The minimum atomic E-state index is -0.566. The van der Waals surface area contributed by atoms with E-state index in [4.69, 9.17) is 15.0 Å². The van der Waals surface area contributed by atoms with Crippen molar-refractivity contribution in [2.45, 2.75) is 37.8 Å². The molecule has 7 nitrogen and oxygen atoms in total. The zero-order valence-electron chi connectivity index (χ0n) is 12.5. The number of hydrogen-bond donors (Lipinski definition) is 2. The molecule has 122 valence electrons. The van der Waals surface area contributed by atoms with E-state index < -0.39 is 11.6 Å². The van der Waals surface area contributed by atoms with Crippen molar-refractivity contribution < 1.29 is 14.1 Å². The number of benzene rings is 1. The normalized spacial score (nSPS) is 21.3. The molecule has 4 rings (SSSR count). The summed E-state index contributed by atoms with van der Waals surface area (Å²) in [6.07, 6.45) is 2.24. The molecule has 0 spiro atoms. The van der Waals surface area contributed by atoms with Crippen LogP contribution in [0.2, 0.25) is 0 Å². The molecule has 0 bridgehead atoms. The first-order valence-electron chi connectivity index (χ1n) is 7.31. The highest BCUT2D eigenvalue weighted by molar-refractivity contribution is 5.99. The Balaban J connectivity index is 0.00000156. The third-order valence-corrected chi connectivity index (χ3v) is 4.28. The topological polar surface area (TPSA) is 103 Å². The standard InChI is InChI=1S/C15H16N4O3.ClH/c1-8-12(20)17-10-5-2-4-9(11(10)21-8)13-18-14(19-22-13)15(16)6-3-7-15;/h2,4-5,8H,3,6-7,16H2,1H3,(H,17,20);1H. The number of para-hydroxylation sites is 1. The van der Waals surface area contributed by atoms with E-state index in [1.54, 1.807) is 19.1 Å². The molecule has 1 aromatic heterocycles. The molecule has 1 aromatic carbocycles. The monoisotopic (exact) mass is 336 g/mol. The highest BCUT2D eigenvalue weighted by Crippen LogP contribution is 2.41. The van der Waals surface area contributed by atoms with Gasteiger partial charge in [0.2, 0.25) is 0 Å². The molecular weight excluding hydrogens is 320 g/mol. The van der Waals surface area contributed by atoms with E-state index in [2.05, 4.69) is 15.5 Å². The molecule has 2 aromatic rings. The summed E-state index contributed by atoms with van der Waals surface area (Å²) in [6, 6.07) is 5.40. The molecule has 0 radical (unpaired) electrons. The number of fused-ring (bicyclic) bond motifs is 1. The van der Waals surface area contributed by atoms with E-state index in [1.807, 2.05) is 6.07 Å². The number of hydrogen-bond acceptors (Lipinski definition) is 6. The number of nitrogens with one attached hydrogen (secondary N) is 1. The summed E-state index contributed by atoms with van der Waals surface area (Å²) < 4.78 is 11.1. The molecule has 8 heteroatoms. The second kappa shape index (κ2) is 5.50. The van der Waals surface area contributed by atoms with Gasteiger partial charge in [-0.2, -0.15) is 4.98 Å². The van der Waals surface area contributed by atoms with Crippen LogP contribution in [-0.4, -0.2) is 22.2 Å². The Morgan fingerprint density at radius 2 is 2.17 bits per heavy atom. The van der Waals surface area contributed by atoms with E-state index in [9.17, 15) is 4.79 Å². The number of rotatable bonds is 2. The van der Waals surface area contributed by atoms with E-state index >= 15 is 0 Å². The van der Waals surface area contributed by atoms with Crippen molar-refractivity contribution >= 4 is 24.0 Å². The van der Waals surface area contributed by atoms with E-state index in [1.165, 1.54) is 0 Å². The van der Waals surface area contributed by atoms with Gasteiger partial charge in [0.1, 0.15) is 0 Å². The minimum Gasteiger partial charge on any atom is -0.478 e. The van der Waals surface area contributed by atoms with Crippen molar-refractivity contribution in [2.24, 2.45) is 5.73 Å². The first-order valence-corrected chi connectivity index (χ1v) is 7.31. The molecule has 1 atom stereocenters. The van der Waals surface area contributed by atoms with Crippen LogP contribution in [0.15, 0.2) is 22.7 Å². The lowest BCUT2D eigenvalue weighted by atomic mass is 9.77. The van der Waals surface area contributed by atoms with Gasteiger partial charge in [-0.3, -0.25) is 4.79 Å². The Hall–Kier alpha value is -2.12. The summed E-state index contributed by atoms with van der Waals surface area (Å²) in [6.45, 7) is 1.69. The van der Waals surface area contributed by atoms with Crippen molar-refractivity contribution in [3.8, 4) is 17.2 Å². The maximum atomic E-state index is 11.7. The number of carbonyl (C=O) groups is 1. The molecule has 1 unspecified atom stereocenters. The van der Waals surface area contributed by atoms with Crippen molar-refractivity contribution in [3.05, 3.63) is 24.0 Å². The number of amides is 1. The quantitative estimate of drug-likeness (QED) is 0.871. The molecule has 0 saturated heterocycles. The zero-order valence-corrected chi connectivity index (χ0v) is 13.4. The lowest BCUT2D eigenvalue weighted by Crippen LogP contribution is -2.44. The highest BCUT2D eigenvalue weighted by atomic mass is 35.5. The molecule has 1 amide bonds. The second-order valence-electron chi connectivity index (χ2n) is 5.86. The minimum absolute atomic E-state index is 0. The molecule has 1 aliphatic carbocycles. The van der Waals surface area contributed by atoms with Crippen LogP contribution in [0, 0.1) is 0 Å². The summed E-state index contributed by atoms with van der Waals surface area (Å²) in [5.74, 6) is 1.25. The summed E-state index contributed by atoms with van der Waals surface area (Å²) in [7, 11) is 0. The predicted molar refractivity (Wildman–Crippen MR) is 85.4 cm³/mol. The van der Waals surface area contributed by atoms with Crippen LogP contribution < -0.4 is 15.8 Å². The maximum Gasteiger partial charge on any atom is 0.265 e. The molecule has 1 fully saturated rings. The van der Waals surface area contributed by atoms with Gasteiger partial charge in [-0.25, -0.2) is 0 Å². The van der Waals surface area contributed by atoms with Gasteiger partial charge in [-0.15, -0.1) is 12.4 Å². The fraction of sp³-hybridized carbons (Fsp3) is 0.400. The largest absolute Gasteiger partial charge is 0.478 e. The van der Waals surface area contributed by atoms with E-state index in [0.717, 1.165) is 19.3 Å². The Kier molecular flexibility index (Phi) is 3.77. The van der Waals surface area contributed by atoms with Crippen molar-refractivity contribution in [1.82, 2.24) is 10.1 Å². The third-order valence-electron chi connectivity index (χ3n) is 4.28. The predicted octanol–water partition coefficient (Wildman–Crippen LogP) is 2.22. The van der Waals surface area contributed by atoms with Gasteiger partial charge in [-0.1, -0.05) is 11.2 Å². The maximum absolute atomic E-state index is 11.7. The lowest BCUT2D eigenvalue weighted by molar-refractivity contribution is -0.122. The Morgan fingerprint density at radius 3 is 2.87 bits per heavy atom. The molecule has 3 N–H and O–H groups in total. The fourth-order valence-electron chi connectivity index (χ4n) is 2.71. The van der Waals surface area contributed by atoms with Crippen LogP contribution in [-0.2, 0) is 10.3 Å². The van der Waals surface area contributed by atoms with Gasteiger partial charge >= 0.3 is 0 Å². The Morgan fingerprint density at radius 1 is 1.39 bits per heavy atom. The van der Waals surface area contributed by atoms with Gasteiger partial charge in [0, 0.05) is 0 Å². The van der Waals surface area contributed by atoms with Gasteiger partial charge < -0.3 is 20.3 Å². The first-order chi connectivity index (χ1) is 10.6. The number of carbonyl (C=O) groups excluding carboxylic acids is 1. The molecule has 1 saturated carbocycles. The number of nitrogens with zero attached hydrogens (tertiary/aromatic N) is 2. The van der Waals surface area contributed by atoms with Crippen LogP contribution >= 0.6 is 12.4 Å². The van der Waals surface area contributed by atoms with E-state index in [-0.39, 0.29) is 18.3 Å². The third kappa shape index (κ3) is 2.46. The highest BCUT2D eigenvalue weighted by Gasteiger charge is 2.39. The Bertz CT molecular complexity index is 757. The fourth-order valence-corrected chi connectivity index (χ4v) is 2.71. The van der Waals surface area contributed by atoms with Crippen LogP contribution in [0.4, 0.5) is 5.69 Å². The number of aromatic nitrogens is 2. The van der Waals surface area contributed by atoms with Crippen LogP contribution in [0.5, 0.6) is 5.75 Å². The van der Waals surface area contributed by atoms with Gasteiger partial charge in [0.25, 0.3) is 11.8 Å².